The van der Waals surface area contributed by atoms with Crippen molar-refractivity contribution in [3.63, 3.8) is 0 Å². The molecule has 0 unspecified atom stereocenters. The van der Waals surface area contributed by atoms with Crippen LogP contribution in [0.1, 0.15) is 0 Å². The smallest absolute Gasteiger partial charge is 0.0275 e. The van der Waals surface area contributed by atoms with Crippen LogP contribution in [0.15, 0.2) is 0 Å². The third-order valence-corrected chi connectivity index (χ3v) is 3.83. The van der Waals surface area contributed by atoms with Crippen LogP contribution in [0.2, 0.25) is 0 Å². The lowest BCUT2D eigenvalue weighted by atomic mass is 10.4. The van der Waals surface area contributed by atoms with Crippen molar-refractivity contribution in [1.82, 2.24) is 36.6 Å². The number of nitrogens with one attached hydrogen (secondary N) is 5. The van der Waals surface area contributed by atoms with Crippen molar-refractivity contribution in [2.24, 2.45) is 0 Å². The van der Waals surface area contributed by atoms with Crippen LogP contribution in [-0.4, -0.2) is 102 Å². The van der Waals surface area contributed by atoms with E-state index in [-0.39, 0.29) is 0 Å². The fourth-order valence-electron chi connectivity index (χ4n) is 2.47. The average molecular weight is 299 g/mol. The summed E-state index contributed by atoms with van der Waals surface area (Å²) < 4.78 is 0. The van der Waals surface area contributed by atoms with Crippen molar-refractivity contribution in [2.45, 2.75) is 0 Å². The van der Waals surface area contributed by atoms with Gasteiger partial charge in [0.1, 0.15) is 0 Å². The molecule has 5 N–H and O–H groups in total. The fourth-order valence-corrected chi connectivity index (χ4v) is 2.47. The van der Waals surface area contributed by atoms with E-state index in [1.165, 1.54) is 13.1 Å². The molecule has 2 saturated heterocycles. The van der Waals surface area contributed by atoms with E-state index in [0.717, 1.165) is 78.5 Å². The summed E-state index contributed by atoms with van der Waals surface area (Å²) in [5, 5.41) is 22.3. The van der Waals surface area contributed by atoms with Gasteiger partial charge in [0.05, 0.1) is 0 Å². The second kappa shape index (κ2) is 11.3. The first-order valence-electron chi connectivity index (χ1n) is 8.50. The average Bonchev–Trinajstić information content (AvgIpc) is 3.32. The zero-order valence-corrected chi connectivity index (χ0v) is 13.3. The lowest BCUT2D eigenvalue weighted by Gasteiger charge is -2.23. The third-order valence-electron chi connectivity index (χ3n) is 3.83. The molecule has 7 heteroatoms. The Morgan fingerprint density at radius 3 is 0.952 bits per heavy atom. The van der Waals surface area contributed by atoms with Crippen molar-refractivity contribution in [1.29, 1.82) is 0 Å². The molecule has 0 aromatic heterocycles. The van der Waals surface area contributed by atoms with Gasteiger partial charge in [-0.1, -0.05) is 0 Å². The van der Waals surface area contributed by atoms with Gasteiger partial charge in [0.15, 0.2) is 0 Å². The van der Waals surface area contributed by atoms with Crippen LogP contribution in [0.5, 0.6) is 0 Å². The minimum absolute atomic E-state index is 1.04. The van der Waals surface area contributed by atoms with Gasteiger partial charge < -0.3 is 26.6 Å². The van der Waals surface area contributed by atoms with Crippen molar-refractivity contribution in [3.05, 3.63) is 0 Å². The molecule has 7 nitrogen and oxygen atoms in total. The Labute approximate surface area is 129 Å². The first-order valence-corrected chi connectivity index (χ1v) is 8.50. The van der Waals surface area contributed by atoms with Gasteiger partial charge in [0, 0.05) is 91.6 Å². The molecule has 2 rings (SSSR count). The molecule has 0 spiro atoms. The molecule has 2 aliphatic rings. The normalized spacial score (nSPS) is 26.9. The standard InChI is InChI=1S/C14H33N7/c1-3-16-5-7-18-9-11-20(21-13-14-21)12-10-19-8-6-17-4-2-15-1/h15-19H,1-14H2. The molecule has 0 aromatic carbocycles. The van der Waals surface area contributed by atoms with Gasteiger partial charge in [0.25, 0.3) is 0 Å². The van der Waals surface area contributed by atoms with Gasteiger partial charge in [-0.05, 0) is 0 Å². The largest absolute Gasteiger partial charge is 0.314 e. The van der Waals surface area contributed by atoms with E-state index in [1.54, 1.807) is 0 Å². The number of rotatable bonds is 1. The van der Waals surface area contributed by atoms with E-state index >= 15 is 0 Å². The van der Waals surface area contributed by atoms with E-state index in [4.69, 9.17) is 0 Å². The highest BCUT2D eigenvalue weighted by Crippen LogP contribution is 2.07. The second-order valence-corrected chi connectivity index (χ2v) is 5.66. The summed E-state index contributed by atoms with van der Waals surface area (Å²) in [4.78, 5) is 0. The maximum absolute atomic E-state index is 3.52. The molecule has 0 radical (unpaired) electrons. The summed E-state index contributed by atoms with van der Waals surface area (Å²) in [7, 11) is 0. The first-order chi connectivity index (χ1) is 10.5. The van der Waals surface area contributed by atoms with Crippen molar-refractivity contribution < 1.29 is 0 Å². The Kier molecular flexibility index (Phi) is 9.20. The summed E-state index contributed by atoms with van der Waals surface area (Å²) >= 11 is 0. The predicted molar refractivity (Wildman–Crippen MR) is 87.5 cm³/mol. The zero-order valence-electron chi connectivity index (χ0n) is 13.3. The molecule has 2 heterocycles. The van der Waals surface area contributed by atoms with Gasteiger partial charge in [-0.2, -0.15) is 0 Å². The molecule has 0 atom stereocenters. The monoisotopic (exact) mass is 299 g/mol. The molecule has 2 fully saturated rings. The number of hydrogen-bond acceptors (Lipinski definition) is 7. The van der Waals surface area contributed by atoms with Crippen LogP contribution >= 0.6 is 0 Å². The maximum atomic E-state index is 3.52. The Balaban J connectivity index is 1.61. The SMILES string of the molecule is C1CNCCNCCN(N2CC2)CCNCCNCCN1. The molecule has 21 heavy (non-hydrogen) atoms. The van der Waals surface area contributed by atoms with E-state index in [2.05, 4.69) is 36.6 Å². The van der Waals surface area contributed by atoms with Crippen LogP contribution < -0.4 is 26.6 Å². The summed E-state index contributed by atoms with van der Waals surface area (Å²) in [5.41, 5.74) is 0. The van der Waals surface area contributed by atoms with Crippen LogP contribution in [0.25, 0.3) is 0 Å². The highest BCUT2D eigenvalue weighted by molar-refractivity contribution is 4.72. The minimum atomic E-state index is 1.04. The Hall–Kier alpha value is -0.280. The van der Waals surface area contributed by atoms with Crippen molar-refractivity contribution in [2.75, 3.05) is 91.6 Å². The van der Waals surface area contributed by atoms with Gasteiger partial charge in [-0.25, -0.2) is 10.0 Å². The topological polar surface area (TPSA) is 66.4 Å². The number of nitrogens with zero attached hydrogens (tertiary/aromatic N) is 2. The van der Waals surface area contributed by atoms with Gasteiger partial charge in [-0.15, -0.1) is 0 Å². The summed E-state index contributed by atoms with van der Waals surface area (Å²) in [6.45, 7) is 15.2. The maximum Gasteiger partial charge on any atom is 0.0275 e. The summed E-state index contributed by atoms with van der Waals surface area (Å²) in [5.74, 6) is 0. The van der Waals surface area contributed by atoms with Crippen LogP contribution in [0, 0.1) is 0 Å². The van der Waals surface area contributed by atoms with E-state index < -0.39 is 0 Å². The lowest BCUT2D eigenvalue weighted by Crippen LogP contribution is -2.43. The Bertz CT molecular complexity index is 229. The van der Waals surface area contributed by atoms with Crippen molar-refractivity contribution >= 4 is 0 Å². The molecule has 0 bridgehead atoms. The first kappa shape index (κ1) is 17.1. The molecule has 0 saturated carbocycles. The van der Waals surface area contributed by atoms with Gasteiger partial charge in [-0.3, -0.25) is 0 Å². The van der Waals surface area contributed by atoms with Crippen molar-refractivity contribution in [3.8, 4) is 0 Å². The molecule has 0 aliphatic carbocycles. The molecule has 0 aromatic rings. The fraction of sp³-hybridized carbons (Fsp3) is 1.00. The minimum Gasteiger partial charge on any atom is -0.314 e. The van der Waals surface area contributed by atoms with E-state index in [0.29, 0.717) is 0 Å². The zero-order chi connectivity index (χ0) is 14.6. The van der Waals surface area contributed by atoms with Crippen LogP contribution in [-0.2, 0) is 0 Å². The molecular formula is C14H33N7. The predicted octanol–water partition coefficient (Wildman–Crippen LogP) is -2.52. The third kappa shape index (κ3) is 8.67. The summed E-state index contributed by atoms with van der Waals surface area (Å²) in [6.07, 6.45) is 0. The quantitative estimate of drug-likeness (QED) is 0.343. The van der Waals surface area contributed by atoms with Crippen LogP contribution in [0.3, 0.4) is 0 Å². The molecule has 2 aliphatic heterocycles. The molecule has 124 valence electrons. The Morgan fingerprint density at radius 2 is 0.619 bits per heavy atom. The number of hydrazine groups is 1. The Morgan fingerprint density at radius 1 is 0.333 bits per heavy atom. The van der Waals surface area contributed by atoms with Gasteiger partial charge >= 0.3 is 0 Å². The highest BCUT2D eigenvalue weighted by Gasteiger charge is 2.24. The molecular weight excluding hydrogens is 266 g/mol. The van der Waals surface area contributed by atoms with Crippen LogP contribution in [0.4, 0.5) is 0 Å². The second-order valence-electron chi connectivity index (χ2n) is 5.66. The van der Waals surface area contributed by atoms with E-state index in [1.807, 2.05) is 0 Å². The highest BCUT2D eigenvalue weighted by atomic mass is 15.7. The summed E-state index contributed by atoms with van der Waals surface area (Å²) in [6, 6.07) is 0. The molecule has 0 amide bonds. The number of hydrogen-bond donors (Lipinski definition) is 5. The van der Waals surface area contributed by atoms with Gasteiger partial charge in [0.2, 0.25) is 0 Å². The lowest BCUT2D eigenvalue weighted by molar-refractivity contribution is 0.0901. The van der Waals surface area contributed by atoms with E-state index in [9.17, 15) is 0 Å².